The van der Waals surface area contributed by atoms with Gasteiger partial charge in [0.25, 0.3) is 5.91 Å². The number of nitrogens with two attached hydrogens (primary N) is 1. The largest absolute Gasteiger partial charge is 0.497 e. The highest BCUT2D eigenvalue weighted by molar-refractivity contribution is 7.27. The molecule has 0 aliphatic rings. The van der Waals surface area contributed by atoms with E-state index in [4.69, 9.17) is 10.5 Å². The monoisotopic (exact) mass is 304 g/mol. The molecule has 0 saturated heterocycles. The highest BCUT2D eigenvalue weighted by Gasteiger charge is 2.13. The van der Waals surface area contributed by atoms with E-state index >= 15 is 0 Å². The Morgan fingerprint density at radius 2 is 2.10 bits per heavy atom. The number of carbonyl (C=O) groups is 1. The average molecular weight is 304 g/mol. The molecule has 0 radical (unpaired) electrons. The molecule has 0 aliphatic carbocycles. The van der Waals surface area contributed by atoms with Crippen LogP contribution in [0.3, 0.4) is 0 Å². The summed E-state index contributed by atoms with van der Waals surface area (Å²) >= 11 is 3.10. The normalized spacial score (nSPS) is 10.7. The van der Waals surface area contributed by atoms with E-state index in [0.29, 0.717) is 22.0 Å². The summed E-state index contributed by atoms with van der Waals surface area (Å²) in [6.45, 7) is 0. The zero-order chi connectivity index (χ0) is 14.1. The number of rotatable bonds is 3. The van der Waals surface area contributed by atoms with Crippen LogP contribution >= 0.6 is 22.7 Å². The number of fused-ring (bicyclic) bond motifs is 1. The van der Waals surface area contributed by atoms with Crippen molar-refractivity contribution in [3.63, 3.8) is 0 Å². The van der Waals surface area contributed by atoms with Crippen molar-refractivity contribution >= 4 is 49.4 Å². The molecule has 102 valence electrons. The van der Waals surface area contributed by atoms with Gasteiger partial charge in [0, 0.05) is 15.5 Å². The number of amides is 1. The van der Waals surface area contributed by atoms with Crippen LogP contribution in [0.1, 0.15) is 9.67 Å². The van der Waals surface area contributed by atoms with E-state index in [9.17, 15) is 4.79 Å². The maximum atomic E-state index is 12.2. The quantitative estimate of drug-likeness (QED) is 0.723. The van der Waals surface area contributed by atoms with Crippen LogP contribution < -0.4 is 15.8 Å². The fourth-order valence-corrected chi connectivity index (χ4v) is 3.84. The van der Waals surface area contributed by atoms with Crippen molar-refractivity contribution in [1.82, 2.24) is 0 Å². The predicted molar refractivity (Wildman–Crippen MR) is 85.1 cm³/mol. The van der Waals surface area contributed by atoms with Gasteiger partial charge in [-0.1, -0.05) is 0 Å². The number of ether oxygens (including phenoxy) is 1. The number of anilines is 2. The summed E-state index contributed by atoms with van der Waals surface area (Å²) in [7, 11) is 1.57. The minimum atomic E-state index is -0.154. The van der Waals surface area contributed by atoms with Crippen molar-refractivity contribution in [3.05, 3.63) is 40.6 Å². The lowest BCUT2D eigenvalue weighted by molar-refractivity contribution is 0.103. The predicted octanol–water partition coefficient (Wildman–Crippen LogP) is 3.81. The van der Waals surface area contributed by atoms with Crippen LogP contribution in [0.25, 0.3) is 9.40 Å². The number of hydrogen-bond acceptors (Lipinski definition) is 5. The van der Waals surface area contributed by atoms with Crippen LogP contribution in [-0.4, -0.2) is 13.0 Å². The average Bonchev–Trinajstić information content (AvgIpc) is 3.02. The topological polar surface area (TPSA) is 64.3 Å². The maximum absolute atomic E-state index is 12.2. The van der Waals surface area contributed by atoms with Gasteiger partial charge in [-0.2, -0.15) is 0 Å². The van der Waals surface area contributed by atoms with Gasteiger partial charge in [-0.3, -0.25) is 4.79 Å². The molecule has 0 aliphatic heterocycles. The van der Waals surface area contributed by atoms with Gasteiger partial charge in [0.15, 0.2) is 0 Å². The van der Waals surface area contributed by atoms with Crippen molar-refractivity contribution in [2.75, 3.05) is 18.2 Å². The third-order valence-electron chi connectivity index (χ3n) is 2.87. The van der Waals surface area contributed by atoms with Gasteiger partial charge >= 0.3 is 0 Å². The highest BCUT2D eigenvalue weighted by atomic mass is 32.1. The fourth-order valence-electron chi connectivity index (χ4n) is 1.83. The van der Waals surface area contributed by atoms with Crippen molar-refractivity contribution < 1.29 is 9.53 Å². The summed E-state index contributed by atoms with van der Waals surface area (Å²) < 4.78 is 7.38. The molecule has 20 heavy (non-hydrogen) atoms. The standard InChI is InChI=1S/C14H12N2O2S2/c1-18-8-2-3-9(15)10(6-8)16-14(17)13-7-12-11(20-13)4-5-19-12/h2-7H,15H2,1H3,(H,16,17). The molecule has 0 atom stereocenters. The number of carbonyl (C=O) groups excluding carboxylic acids is 1. The Hall–Kier alpha value is -2.05. The van der Waals surface area contributed by atoms with Gasteiger partial charge in [-0.05, 0) is 29.6 Å². The van der Waals surface area contributed by atoms with Gasteiger partial charge in [0.2, 0.25) is 0 Å². The zero-order valence-corrected chi connectivity index (χ0v) is 12.3. The minimum absolute atomic E-state index is 0.154. The second kappa shape index (κ2) is 5.15. The van der Waals surface area contributed by atoms with Gasteiger partial charge in [0.1, 0.15) is 5.75 Å². The fraction of sp³-hybridized carbons (Fsp3) is 0.0714. The van der Waals surface area contributed by atoms with Crippen molar-refractivity contribution in [1.29, 1.82) is 0 Å². The number of nitrogens with one attached hydrogen (secondary N) is 1. The minimum Gasteiger partial charge on any atom is -0.497 e. The van der Waals surface area contributed by atoms with E-state index in [1.807, 2.05) is 17.5 Å². The summed E-state index contributed by atoms with van der Waals surface area (Å²) in [6.07, 6.45) is 0. The van der Waals surface area contributed by atoms with E-state index in [1.54, 1.807) is 36.6 Å². The summed E-state index contributed by atoms with van der Waals surface area (Å²) in [5, 5.41) is 4.84. The molecule has 1 amide bonds. The van der Waals surface area contributed by atoms with Crippen molar-refractivity contribution in [2.45, 2.75) is 0 Å². The van der Waals surface area contributed by atoms with Crippen molar-refractivity contribution in [3.8, 4) is 5.75 Å². The molecule has 0 fully saturated rings. The van der Waals surface area contributed by atoms with Crippen LogP contribution in [0.2, 0.25) is 0 Å². The molecule has 0 bridgehead atoms. The molecule has 6 heteroatoms. The lowest BCUT2D eigenvalue weighted by atomic mass is 10.2. The lowest BCUT2D eigenvalue weighted by Crippen LogP contribution is -2.11. The molecule has 0 unspecified atom stereocenters. The molecular weight excluding hydrogens is 292 g/mol. The first-order valence-electron chi connectivity index (χ1n) is 5.89. The molecule has 2 heterocycles. The SMILES string of the molecule is COc1ccc(N)c(NC(=O)c2cc3sccc3s2)c1. The Morgan fingerprint density at radius 3 is 2.85 bits per heavy atom. The van der Waals surface area contributed by atoms with Crippen LogP contribution in [0.15, 0.2) is 35.7 Å². The van der Waals surface area contributed by atoms with E-state index in [-0.39, 0.29) is 5.91 Å². The Labute approximate surface area is 123 Å². The number of benzene rings is 1. The molecule has 4 nitrogen and oxygen atoms in total. The van der Waals surface area contributed by atoms with Gasteiger partial charge < -0.3 is 15.8 Å². The summed E-state index contributed by atoms with van der Waals surface area (Å²) in [5.41, 5.74) is 6.93. The molecule has 0 spiro atoms. The summed E-state index contributed by atoms with van der Waals surface area (Å²) in [6, 6.07) is 9.09. The molecule has 3 N–H and O–H groups in total. The Kier molecular flexibility index (Phi) is 3.33. The van der Waals surface area contributed by atoms with Crippen LogP contribution in [-0.2, 0) is 0 Å². The summed E-state index contributed by atoms with van der Waals surface area (Å²) in [4.78, 5) is 12.9. The lowest BCUT2D eigenvalue weighted by Gasteiger charge is -2.09. The van der Waals surface area contributed by atoms with Crippen LogP contribution in [0, 0.1) is 0 Å². The van der Waals surface area contributed by atoms with E-state index in [0.717, 1.165) is 9.40 Å². The van der Waals surface area contributed by atoms with Crippen LogP contribution in [0.4, 0.5) is 11.4 Å². The van der Waals surface area contributed by atoms with E-state index in [2.05, 4.69) is 5.32 Å². The number of thiophene rings is 2. The number of nitrogen functional groups attached to an aromatic ring is 1. The molecule has 0 saturated carbocycles. The number of hydrogen-bond donors (Lipinski definition) is 2. The first-order chi connectivity index (χ1) is 9.67. The first-order valence-corrected chi connectivity index (χ1v) is 7.59. The van der Waals surface area contributed by atoms with Gasteiger partial charge in [0.05, 0.1) is 23.4 Å². The smallest absolute Gasteiger partial charge is 0.265 e. The van der Waals surface area contributed by atoms with Crippen LogP contribution in [0.5, 0.6) is 5.75 Å². The van der Waals surface area contributed by atoms with Crippen molar-refractivity contribution in [2.24, 2.45) is 0 Å². The molecular formula is C14H12N2O2S2. The Bertz CT molecular complexity index is 748. The zero-order valence-electron chi connectivity index (χ0n) is 10.7. The second-order valence-electron chi connectivity index (χ2n) is 4.17. The Morgan fingerprint density at radius 1 is 1.25 bits per heavy atom. The summed E-state index contributed by atoms with van der Waals surface area (Å²) in [5.74, 6) is 0.500. The molecule has 2 aromatic heterocycles. The molecule has 3 aromatic rings. The maximum Gasteiger partial charge on any atom is 0.265 e. The third-order valence-corrected chi connectivity index (χ3v) is 4.96. The first kappa shape index (κ1) is 13.0. The molecule has 3 rings (SSSR count). The van der Waals surface area contributed by atoms with Gasteiger partial charge in [-0.25, -0.2) is 0 Å². The second-order valence-corrected chi connectivity index (χ2v) is 6.20. The van der Waals surface area contributed by atoms with E-state index in [1.165, 1.54) is 11.3 Å². The third kappa shape index (κ3) is 2.35. The number of methoxy groups -OCH3 is 1. The molecule has 1 aromatic carbocycles. The highest BCUT2D eigenvalue weighted by Crippen LogP contribution is 2.31. The van der Waals surface area contributed by atoms with E-state index < -0.39 is 0 Å². The Balaban J connectivity index is 1.87. The van der Waals surface area contributed by atoms with Gasteiger partial charge in [-0.15, -0.1) is 22.7 Å².